The number of furan rings is 1. The van der Waals surface area contributed by atoms with Gasteiger partial charge in [0.05, 0.1) is 0 Å². The molecule has 4 heteroatoms. The summed E-state index contributed by atoms with van der Waals surface area (Å²) in [5, 5.41) is 10.0. The average Bonchev–Trinajstić information content (AvgIpc) is 2.89. The number of esters is 1. The molecule has 0 amide bonds. The SMILES string of the molecule is O=C(OCc1ccccc1)c1cc2cc(O)ccc2o1. The van der Waals surface area contributed by atoms with Gasteiger partial charge in [-0.25, -0.2) is 4.79 Å². The Bertz CT molecular complexity index is 744. The number of carbonyl (C=O) groups is 1. The van der Waals surface area contributed by atoms with E-state index < -0.39 is 5.97 Å². The van der Waals surface area contributed by atoms with Gasteiger partial charge in [0, 0.05) is 5.39 Å². The minimum absolute atomic E-state index is 0.126. The lowest BCUT2D eigenvalue weighted by atomic mass is 10.2. The molecular weight excluding hydrogens is 256 g/mol. The topological polar surface area (TPSA) is 59.7 Å². The standard InChI is InChI=1S/C16H12O4/c17-13-6-7-14-12(8-13)9-15(20-14)16(18)19-10-11-4-2-1-3-5-11/h1-9,17H,10H2. The molecule has 20 heavy (non-hydrogen) atoms. The molecule has 0 radical (unpaired) electrons. The fraction of sp³-hybridized carbons (Fsp3) is 0.0625. The fourth-order valence-corrected chi connectivity index (χ4v) is 1.93. The van der Waals surface area contributed by atoms with Crippen LogP contribution in [0.15, 0.2) is 59.0 Å². The molecule has 0 saturated heterocycles. The molecule has 3 aromatic rings. The number of rotatable bonds is 3. The van der Waals surface area contributed by atoms with E-state index in [0.717, 1.165) is 5.56 Å². The molecule has 0 aliphatic rings. The van der Waals surface area contributed by atoms with Crippen LogP contribution in [-0.4, -0.2) is 11.1 Å². The lowest BCUT2D eigenvalue weighted by molar-refractivity contribution is 0.0439. The van der Waals surface area contributed by atoms with E-state index in [9.17, 15) is 9.90 Å². The number of benzene rings is 2. The van der Waals surface area contributed by atoms with E-state index in [1.807, 2.05) is 30.3 Å². The Morgan fingerprint density at radius 2 is 1.90 bits per heavy atom. The zero-order valence-corrected chi connectivity index (χ0v) is 10.6. The Morgan fingerprint density at radius 1 is 1.10 bits per heavy atom. The van der Waals surface area contributed by atoms with Gasteiger partial charge in [-0.15, -0.1) is 0 Å². The van der Waals surface area contributed by atoms with Crippen LogP contribution in [0.25, 0.3) is 11.0 Å². The molecule has 3 rings (SSSR count). The number of ether oxygens (including phenoxy) is 1. The Kier molecular flexibility index (Phi) is 3.13. The maximum Gasteiger partial charge on any atom is 0.374 e. The van der Waals surface area contributed by atoms with Gasteiger partial charge in [-0.3, -0.25) is 0 Å². The van der Waals surface area contributed by atoms with Gasteiger partial charge in [0.2, 0.25) is 5.76 Å². The maximum atomic E-state index is 11.9. The number of hydrogen-bond donors (Lipinski definition) is 1. The van der Waals surface area contributed by atoms with Gasteiger partial charge >= 0.3 is 5.97 Å². The monoisotopic (exact) mass is 268 g/mol. The Labute approximate surface area is 115 Å². The van der Waals surface area contributed by atoms with Crippen molar-refractivity contribution in [2.45, 2.75) is 6.61 Å². The van der Waals surface area contributed by atoms with Crippen LogP contribution >= 0.6 is 0 Å². The highest BCUT2D eigenvalue weighted by molar-refractivity contribution is 5.92. The third-order valence-electron chi connectivity index (χ3n) is 2.91. The zero-order valence-electron chi connectivity index (χ0n) is 10.6. The Balaban J connectivity index is 1.75. The first-order valence-electron chi connectivity index (χ1n) is 6.16. The molecule has 1 aromatic heterocycles. The highest BCUT2D eigenvalue weighted by Gasteiger charge is 2.14. The summed E-state index contributed by atoms with van der Waals surface area (Å²) >= 11 is 0. The third kappa shape index (κ3) is 2.49. The molecule has 0 aliphatic carbocycles. The summed E-state index contributed by atoms with van der Waals surface area (Å²) < 4.78 is 10.6. The molecule has 0 spiro atoms. The van der Waals surface area contributed by atoms with Crippen LogP contribution in [0.3, 0.4) is 0 Å². The minimum Gasteiger partial charge on any atom is -0.508 e. The quantitative estimate of drug-likeness (QED) is 0.738. The molecular formula is C16H12O4. The molecule has 0 bridgehead atoms. The van der Waals surface area contributed by atoms with Crippen LogP contribution in [0.5, 0.6) is 5.75 Å². The van der Waals surface area contributed by atoms with Crippen LogP contribution in [0.1, 0.15) is 16.1 Å². The van der Waals surface area contributed by atoms with Crippen LogP contribution in [-0.2, 0) is 11.3 Å². The summed E-state index contributed by atoms with van der Waals surface area (Å²) in [6.45, 7) is 0.196. The van der Waals surface area contributed by atoms with Crippen LogP contribution in [0, 0.1) is 0 Å². The van der Waals surface area contributed by atoms with Gasteiger partial charge in [0.1, 0.15) is 17.9 Å². The van der Waals surface area contributed by atoms with Gasteiger partial charge in [0.15, 0.2) is 0 Å². The molecule has 0 atom stereocenters. The first-order chi connectivity index (χ1) is 9.72. The molecule has 1 N–H and O–H groups in total. The number of phenolic OH excluding ortho intramolecular Hbond substituents is 1. The van der Waals surface area contributed by atoms with E-state index in [1.165, 1.54) is 12.1 Å². The van der Waals surface area contributed by atoms with Crippen LogP contribution in [0.4, 0.5) is 0 Å². The molecule has 0 aliphatic heterocycles. The first-order valence-corrected chi connectivity index (χ1v) is 6.16. The predicted octanol–water partition coefficient (Wildman–Crippen LogP) is 3.50. The average molecular weight is 268 g/mol. The van der Waals surface area contributed by atoms with Crippen molar-refractivity contribution < 1.29 is 19.1 Å². The molecule has 1 heterocycles. The summed E-state index contributed by atoms with van der Waals surface area (Å²) in [6.07, 6.45) is 0. The van der Waals surface area contributed by atoms with E-state index in [4.69, 9.17) is 9.15 Å². The number of aromatic hydroxyl groups is 1. The largest absolute Gasteiger partial charge is 0.508 e. The van der Waals surface area contributed by atoms with Crippen molar-refractivity contribution in [3.8, 4) is 5.75 Å². The van der Waals surface area contributed by atoms with E-state index in [-0.39, 0.29) is 18.1 Å². The van der Waals surface area contributed by atoms with E-state index >= 15 is 0 Å². The summed E-state index contributed by atoms with van der Waals surface area (Å²) in [7, 11) is 0. The number of fused-ring (bicyclic) bond motifs is 1. The molecule has 4 nitrogen and oxygen atoms in total. The van der Waals surface area contributed by atoms with Gasteiger partial charge in [-0.05, 0) is 29.8 Å². The molecule has 0 saturated carbocycles. The van der Waals surface area contributed by atoms with Crippen molar-refractivity contribution in [3.63, 3.8) is 0 Å². The second-order valence-corrected chi connectivity index (χ2v) is 4.39. The van der Waals surface area contributed by atoms with Crippen molar-refractivity contribution in [1.82, 2.24) is 0 Å². The number of carbonyl (C=O) groups excluding carboxylic acids is 1. The Hall–Kier alpha value is -2.75. The second-order valence-electron chi connectivity index (χ2n) is 4.39. The van der Waals surface area contributed by atoms with Crippen molar-refractivity contribution >= 4 is 16.9 Å². The van der Waals surface area contributed by atoms with Crippen molar-refractivity contribution in [2.24, 2.45) is 0 Å². The normalized spacial score (nSPS) is 10.6. The lowest BCUT2D eigenvalue weighted by Crippen LogP contribution is -2.03. The summed E-state index contributed by atoms with van der Waals surface area (Å²) in [5.41, 5.74) is 1.45. The zero-order chi connectivity index (χ0) is 13.9. The summed E-state index contributed by atoms with van der Waals surface area (Å²) in [5.74, 6) is -0.270. The third-order valence-corrected chi connectivity index (χ3v) is 2.91. The molecule has 0 unspecified atom stereocenters. The van der Waals surface area contributed by atoms with E-state index in [0.29, 0.717) is 11.0 Å². The summed E-state index contributed by atoms with van der Waals surface area (Å²) in [4.78, 5) is 11.9. The molecule has 2 aromatic carbocycles. The first kappa shape index (κ1) is 12.3. The van der Waals surface area contributed by atoms with Gasteiger partial charge in [-0.2, -0.15) is 0 Å². The predicted molar refractivity (Wildman–Crippen MR) is 73.4 cm³/mol. The minimum atomic E-state index is -0.524. The van der Waals surface area contributed by atoms with Crippen molar-refractivity contribution in [1.29, 1.82) is 0 Å². The molecule has 0 fully saturated rings. The smallest absolute Gasteiger partial charge is 0.374 e. The highest BCUT2D eigenvalue weighted by Crippen LogP contribution is 2.24. The van der Waals surface area contributed by atoms with E-state index in [2.05, 4.69) is 0 Å². The second kappa shape index (κ2) is 5.09. The van der Waals surface area contributed by atoms with Crippen LogP contribution < -0.4 is 0 Å². The number of phenols is 1. The van der Waals surface area contributed by atoms with Gasteiger partial charge < -0.3 is 14.3 Å². The van der Waals surface area contributed by atoms with Crippen LogP contribution in [0.2, 0.25) is 0 Å². The Morgan fingerprint density at radius 3 is 2.70 bits per heavy atom. The van der Waals surface area contributed by atoms with Gasteiger partial charge in [-0.1, -0.05) is 30.3 Å². The maximum absolute atomic E-state index is 11.9. The van der Waals surface area contributed by atoms with Crippen molar-refractivity contribution in [2.75, 3.05) is 0 Å². The molecule has 100 valence electrons. The van der Waals surface area contributed by atoms with E-state index in [1.54, 1.807) is 12.1 Å². The fourth-order valence-electron chi connectivity index (χ4n) is 1.93. The summed E-state index contributed by atoms with van der Waals surface area (Å²) in [6, 6.07) is 15.6. The highest BCUT2D eigenvalue weighted by atomic mass is 16.5. The van der Waals surface area contributed by atoms with Crippen molar-refractivity contribution in [3.05, 3.63) is 65.9 Å². The lowest BCUT2D eigenvalue weighted by Gasteiger charge is -2.02. The van der Waals surface area contributed by atoms with Gasteiger partial charge in [0.25, 0.3) is 0 Å². The number of hydrogen-bond acceptors (Lipinski definition) is 4.